The van der Waals surface area contributed by atoms with Gasteiger partial charge in [-0.1, -0.05) is 0 Å². The molecule has 0 saturated heterocycles. The summed E-state index contributed by atoms with van der Waals surface area (Å²) in [6.45, 7) is 1.12. The minimum atomic E-state index is -0.481. The zero-order valence-electron chi connectivity index (χ0n) is 13.8. The number of hydrogen-bond donors (Lipinski definition) is 1. The molecule has 26 heavy (non-hydrogen) atoms. The lowest BCUT2D eigenvalue weighted by Gasteiger charge is -2.11. The van der Waals surface area contributed by atoms with Crippen LogP contribution in [0.3, 0.4) is 0 Å². The van der Waals surface area contributed by atoms with E-state index in [1.807, 2.05) is 0 Å². The van der Waals surface area contributed by atoms with Crippen LogP contribution < -0.4 is 14.8 Å². The van der Waals surface area contributed by atoms with E-state index in [-0.39, 0.29) is 5.91 Å². The Morgan fingerprint density at radius 2 is 1.96 bits per heavy atom. The predicted molar refractivity (Wildman–Crippen MR) is 93.5 cm³/mol. The van der Waals surface area contributed by atoms with Crippen molar-refractivity contribution in [3.63, 3.8) is 0 Å². The van der Waals surface area contributed by atoms with Crippen LogP contribution in [-0.2, 0) is 0 Å². The normalized spacial score (nSPS) is 13.1. The van der Waals surface area contributed by atoms with E-state index in [1.165, 1.54) is 10.7 Å². The van der Waals surface area contributed by atoms with Gasteiger partial charge in [0.1, 0.15) is 5.69 Å². The Balaban J connectivity index is 1.53. The van der Waals surface area contributed by atoms with Gasteiger partial charge in [-0.15, -0.1) is 0 Å². The number of aromatic nitrogens is 2. The quantitative estimate of drug-likeness (QED) is 0.784. The van der Waals surface area contributed by atoms with Crippen LogP contribution in [0.15, 0.2) is 54.9 Å². The third-order valence-corrected chi connectivity index (χ3v) is 3.97. The second-order valence-corrected chi connectivity index (χ2v) is 5.78. The fourth-order valence-corrected chi connectivity index (χ4v) is 2.69. The van der Waals surface area contributed by atoms with Gasteiger partial charge < -0.3 is 14.8 Å². The molecular weight excluding hydrogens is 337 g/mol. The first-order valence-electron chi connectivity index (χ1n) is 8.21. The number of carbonyl (C=O) groups excluding carboxylic acids is 1. The Hall–Kier alpha value is -3.35. The fourth-order valence-electron chi connectivity index (χ4n) is 2.69. The van der Waals surface area contributed by atoms with Crippen LogP contribution in [0.2, 0.25) is 0 Å². The number of nitrogens with zero attached hydrogens (tertiary/aromatic N) is 2. The van der Waals surface area contributed by atoms with Gasteiger partial charge in [-0.25, -0.2) is 9.07 Å². The van der Waals surface area contributed by atoms with Crippen molar-refractivity contribution in [1.29, 1.82) is 0 Å². The second kappa shape index (κ2) is 6.87. The highest BCUT2D eigenvalue weighted by molar-refractivity contribution is 6.04. The Morgan fingerprint density at radius 1 is 1.12 bits per heavy atom. The van der Waals surface area contributed by atoms with Crippen molar-refractivity contribution in [3.05, 3.63) is 66.2 Å². The van der Waals surface area contributed by atoms with Crippen molar-refractivity contribution < 1.29 is 18.7 Å². The molecule has 0 atom stereocenters. The van der Waals surface area contributed by atoms with Crippen molar-refractivity contribution in [2.75, 3.05) is 18.5 Å². The highest BCUT2D eigenvalue weighted by atomic mass is 19.1. The number of halogens is 1. The summed E-state index contributed by atoms with van der Waals surface area (Å²) < 4.78 is 26.9. The Kier molecular flexibility index (Phi) is 4.27. The number of benzene rings is 2. The van der Waals surface area contributed by atoms with Gasteiger partial charge in [0.15, 0.2) is 17.3 Å². The molecule has 0 bridgehead atoms. The van der Waals surface area contributed by atoms with Crippen LogP contribution in [0.4, 0.5) is 10.1 Å². The third kappa shape index (κ3) is 3.23. The summed E-state index contributed by atoms with van der Waals surface area (Å²) in [5.74, 6) is 0.320. The molecule has 1 aliphatic rings. The standard InChI is InChI=1S/C19H16FN3O3/c20-15-12-14(4-5-16(15)23-8-1-7-21-23)22-19(24)13-3-6-17-18(11-13)26-10-2-9-25-17/h1,3-8,11-12H,2,9-10H2,(H,22,24). The first-order valence-corrected chi connectivity index (χ1v) is 8.21. The van der Waals surface area contributed by atoms with Gasteiger partial charge in [0.05, 0.1) is 13.2 Å². The van der Waals surface area contributed by atoms with E-state index < -0.39 is 5.82 Å². The minimum absolute atomic E-state index is 0.309. The van der Waals surface area contributed by atoms with Crippen LogP contribution in [0.1, 0.15) is 16.8 Å². The van der Waals surface area contributed by atoms with Gasteiger partial charge in [-0.05, 0) is 42.5 Å². The molecule has 6 nitrogen and oxygen atoms in total. The molecule has 0 spiro atoms. The van der Waals surface area contributed by atoms with Gasteiger partial charge in [-0.2, -0.15) is 5.10 Å². The number of hydrogen-bond acceptors (Lipinski definition) is 4. The molecule has 1 aliphatic heterocycles. The molecule has 0 saturated carbocycles. The SMILES string of the molecule is O=C(Nc1ccc(-n2cccn2)c(F)c1)c1ccc2c(c1)OCCCO2. The smallest absolute Gasteiger partial charge is 0.255 e. The summed E-state index contributed by atoms with van der Waals surface area (Å²) >= 11 is 0. The van der Waals surface area contributed by atoms with Gasteiger partial charge in [-0.3, -0.25) is 4.79 Å². The van der Waals surface area contributed by atoms with E-state index in [0.717, 1.165) is 6.42 Å². The van der Waals surface area contributed by atoms with E-state index in [1.54, 1.807) is 48.8 Å². The van der Waals surface area contributed by atoms with Gasteiger partial charge in [0.25, 0.3) is 5.91 Å². The fraction of sp³-hybridized carbons (Fsp3) is 0.158. The molecule has 0 unspecified atom stereocenters. The van der Waals surface area contributed by atoms with Crippen molar-refractivity contribution in [1.82, 2.24) is 9.78 Å². The van der Waals surface area contributed by atoms with Crippen LogP contribution in [0.5, 0.6) is 11.5 Å². The maximum Gasteiger partial charge on any atom is 0.255 e. The molecule has 1 amide bonds. The highest BCUT2D eigenvalue weighted by Crippen LogP contribution is 2.30. The molecule has 0 fully saturated rings. The minimum Gasteiger partial charge on any atom is -0.490 e. The van der Waals surface area contributed by atoms with Gasteiger partial charge in [0.2, 0.25) is 0 Å². The van der Waals surface area contributed by atoms with E-state index in [2.05, 4.69) is 10.4 Å². The molecule has 0 radical (unpaired) electrons. The summed E-state index contributed by atoms with van der Waals surface area (Å²) in [5, 5.41) is 6.69. The Morgan fingerprint density at radius 3 is 2.73 bits per heavy atom. The van der Waals surface area contributed by atoms with Gasteiger partial charge >= 0.3 is 0 Å². The van der Waals surface area contributed by atoms with E-state index in [0.29, 0.717) is 41.7 Å². The maximum absolute atomic E-state index is 14.3. The molecule has 1 aromatic heterocycles. The lowest BCUT2D eigenvalue weighted by molar-refractivity contribution is 0.102. The van der Waals surface area contributed by atoms with Crippen LogP contribution in [-0.4, -0.2) is 28.9 Å². The third-order valence-electron chi connectivity index (χ3n) is 3.97. The number of ether oxygens (including phenoxy) is 2. The van der Waals surface area contributed by atoms with Crippen molar-refractivity contribution in [2.24, 2.45) is 0 Å². The van der Waals surface area contributed by atoms with Crippen molar-refractivity contribution >= 4 is 11.6 Å². The predicted octanol–water partition coefficient (Wildman–Crippen LogP) is 3.43. The number of fused-ring (bicyclic) bond motifs is 1. The topological polar surface area (TPSA) is 65.4 Å². The Bertz CT molecular complexity index is 941. The number of anilines is 1. The largest absolute Gasteiger partial charge is 0.490 e. The van der Waals surface area contributed by atoms with Crippen molar-refractivity contribution in [2.45, 2.75) is 6.42 Å². The summed E-state index contributed by atoms with van der Waals surface area (Å²) in [7, 11) is 0. The molecule has 4 rings (SSSR count). The summed E-state index contributed by atoms with van der Waals surface area (Å²) in [6.07, 6.45) is 4.01. The molecule has 1 N–H and O–H groups in total. The Labute approximate surface area is 149 Å². The molecular formula is C19H16FN3O3. The molecule has 2 heterocycles. The average Bonchev–Trinajstić information content (AvgIpc) is 3.06. The molecule has 2 aromatic carbocycles. The number of carbonyl (C=O) groups is 1. The van der Waals surface area contributed by atoms with Gasteiger partial charge in [0, 0.05) is 30.1 Å². The molecule has 3 aromatic rings. The van der Waals surface area contributed by atoms with E-state index in [4.69, 9.17) is 9.47 Å². The molecule has 0 aliphatic carbocycles. The number of amides is 1. The van der Waals surface area contributed by atoms with E-state index >= 15 is 0 Å². The molecule has 7 heteroatoms. The van der Waals surface area contributed by atoms with Crippen LogP contribution in [0, 0.1) is 5.82 Å². The summed E-state index contributed by atoms with van der Waals surface area (Å²) in [4.78, 5) is 12.5. The molecule has 132 valence electrons. The number of rotatable bonds is 3. The first kappa shape index (κ1) is 16.1. The van der Waals surface area contributed by atoms with Crippen molar-refractivity contribution in [3.8, 4) is 17.2 Å². The summed E-state index contributed by atoms with van der Waals surface area (Å²) in [6, 6.07) is 11.1. The maximum atomic E-state index is 14.3. The van der Waals surface area contributed by atoms with Crippen LogP contribution >= 0.6 is 0 Å². The lowest BCUT2D eigenvalue weighted by Crippen LogP contribution is -2.12. The monoisotopic (exact) mass is 353 g/mol. The zero-order chi connectivity index (χ0) is 17.9. The second-order valence-electron chi connectivity index (χ2n) is 5.78. The number of nitrogens with one attached hydrogen (secondary N) is 1. The average molecular weight is 353 g/mol. The summed E-state index contributed by atoms with van der Waals surface area (Å²) in [5.41, 5.74) is 1.07. The van der Waals surface area contributed by atoms with Crippen LogP contribution in [0.25, 0.3) is 5.69 Å². The zero-order valence-corrected chi connectivity index (χ0v) is 13.8. The van der Waals surface area contributed by atoms with E-state index in [9.17, 15) is 9.18 Å². The first-order chi connectivity index (χ1) is 12.7. The lowest BCUT2D eigenvalue weighted by atomic mass is 10.1. The highest BCUT2D eigenvalue weighted by Gasteiger charge is 2.15.